The van der Waals surface area contributed by atoms with E-state index in [1.807, 2.05) is 42.5 Å². The van der Waals surface area contributed by atoms with E-state index in [4.69, 9.17) is 4.42 Å². The molecule has 0 amide bonds. The molecule has 3 aromatic carbocycles. The number of hydrogen-bond donors (Lipinski definition) is 1. The first-order valence-corrected chi connectivity index (χ1v) is 8.92. The van der Waals surface area contributed by atoms with E-state index in [-0.39, 0.29) is 11.7 Å². The molecule has 0 radical (unpaired) electrons. The Labute approximate surface area is 166 Å². The second-order valence-corrected chi connectivity index (χ2v) is 6.35. The maximum atomic E-state index is 11.5. The van der Waals surface area contributed by atoms with Gasteiger partial charge in [0.1, 0.15) is 11.2 Å². The van der Waals surface area contributed by atoms with E-state index in [9.17, 15) is 9.70 Å². The minimum absolute atomic E-state index is 0.260. The fourth-order valence-electron chi connectivity index (χ4n) is 2.96. The summed E-state index contributed by atoms with van der Waals surface area (Å²) in [6.07, 6.45) is 0. The maximum absolute atomic E-state index is 11.5. The van der Waals surface area contributed by atoms with E-state index < -0.39 is 0 Å². The molecule has 0 aliphatic carbocycles. The minimum atomic E-state index is -0.383. The van der Waals surface area contributed by atoms with Crippen molar-refractivity contribution in [2.75, 3.05) is 12.4 Å². The third kappa shape index (κ3) is 3.84. The smallest absolute Gasteiger partial charge is 0.337 e. The summed E-state index contributed by atoms with van der Waals surface area (Å²) in [6.45, 7) is 0.464. The van der Waals surface area contributed by atoms with E-state index in [1.54, 1.807) is 24.3 Å². The molecule has 4 aromatic rings. The van der Waals surface area contributed by atoms with Crippen LogP contribution in [0.25, 0.3) is 22.6 Å². The Kier molecular flexibility index (Phi) is 5.03. The monoisotopic (exact) mass is 387 g/mol. The van der Waals surface area contributed by atoms with Gasteiger partial charge in [-0.25, -0.2) is 9.78 Å². The number of carbonyl (C=O) groups is 1. The number of hydrogen-bond acceptors (Lipinski definition) is 7. The number of nitrogens with zero attached hydrogens (tertiary/aromatic N) is 2. The normalized spacial score (nSPS) is 10.7. The predicted molar refractivity (Wildman–Crippen MR) is 110 cm³/mol. The molecule has 0 aliphatic rings. The van der Waals surface area contributed by atoms with Crippen LogP contribution in [0.1, 0.15) is 15.9 Å². The van der Waals surface area contributed by atoms with Gasteiger partial charge in [-0.05, 0) is 53.2 Å². The summed E-state index contributed by atoms with van der Waals surface area (Å²) in [6, 6.07) is 19.7. The van der Waals surface area contributed by atoms with E-state index in [2.05, 4.69) is 20.2 Å². The summed E-state index contributed by atoms with van der Waals surface area (Å²) in [5.41, 5.74) is 4.38. The van der Waals surface area contributed by atoms with Gasteiger partial charge in [-0.2, -0.15) is 0 Å². The number of para-hydroxylation sites is 2. The second kappa shape index (κ2) is 7.93. The highest BCUT2D eigenvalue weighted by atomic mass is 16.5. The van der Waals surface area contributed by atoms with Gasteiger partial charge in [0.15, 0.2) is 5.58 Å². The van der Waals surface area contributed by atoms with Crippen molar-refractivity contribution in [2.24, 2.45) is 5.18 Å². The molecular formula is C22H17N3O4. The summed E-state index contributed by atoms with van der Waals surface area (Å²) < 4.78 is 10.4. The standard InChI is InChI=1S/C22H17N3O4/c1-28-22(26)15-8-6-14(7-9-15)13-23-17-11-10-16(12-19(17)25-27)21-24-18-4-2-3-5-20(18)29-21/h2-12,23H,13H2,1H3. The molecule has 29 heavy (non-hydrogen) atoms. The zero-order valence-corrected chi connectivity index (χ0v) is 15.6. The first-order valence-electron chi connectivity index (χ1n) is 8.92. The Bertz CT molecular complexity index is 1150. The van der Waals surface area contributed by atoms with Crippen LogP contribution in [0.5, 0.6) is 0 Å². The van der Waals surface area contributed by atoms with Gasteiger partial charge in [0, 0.05) is 12.1 Å². The lowest BCUT2D eigenvalue weighted by Crippen LogP contribution is -2.03. The minimum Gasteiger partial charge on any atom is -0.465 e. The van der Waals surface area contributed by atoms with Gasteiger partial charge in [0.25, 0.3) is 0 Å². The molecular weight excluding hydrogens is 370 g/mol. The van der Waals surface area contributed by atoms with Crippen LogP contribution in [0.4, 0.5) is 11.4 Å². The molecule has 1 heterocycles. The van der Waals surface area contributed by atoms with Crippen LogP contribution in [0.3, 0.4) is 0 Å². The fraction of sp³-hybridized carbons (Fsp3) is 0.0909. The number of oxazole rings is 1. The molecule has 0 aliphatic heterocycles. The number of carbonyl (C=O) groups excluding carboxylic acids is 1. The number of nitrogens with one attached hydrogen (secondary N) is 1. The van der Waals surface area contributed by atoms with Crippen molar-refractivity contribution >= 4 is 28.4 Å². The van der Waals surface area contributed by atoms with Crippen LogP contribution in [0, 0.1) is 4.91 Å². The molecule has 0 fully saturated rings. The molecule has 0 atom stereocenters. The second-order valence-electron chi connectivity index (χ2n) is 6.35. The summed E-state index contributed by atoms with van der Waals surface area (Å²) in [5, 5.41) is 6.32. The number of nitroso groups, excluding NO2 is 1. The molecule has 1 N–H and O–H groups in total. The van der Waals surface area contributed by atoms with Crippen molar-refractivity contribution in [3.63, 3.8) is 0 Å². The van der Waals surface area contributed by atoms with Crippen molar-refractivity contribution in [1.29, 1.82) is 0 Å². The lowest BCUT2D eigenvalue weighted by atomic mass is 10.1. The molecule has 4 rings (SSSR count). The number of methoxy groups -OCH3 is 1. The average molecular weight is 387 g/mol. The van der Waals surface area contributed by atoms with Gasteiger partial charge in [0.05, 0.1) is 18.4 Å². The van der Waals surface area contributed by atoms with Crippen molar-refractivity contribution in [1.82, 2.24) is 4.98 Å². The molecule has 7 nitrogen and oxygen atoms in total. The lowest BCUT2D eigenvalue weighted by molar-refractivity contribution is 0.0600. The SMILES string of the molecule is COC(=O)c1ccc(CNc2ccc(-c3nc4ccccc4o3)cc2N=O)cc1. The summed E-state index contributed by atoms with van der Waals surface area (Å²) in [7, 11) is 1.34. The Hall–Kier alpha value is -4.00. The van der Waals surface area contributed by atoms with E-state index in [0.717, 1.165) is 11.1 Å². The first-order chi connectivity index (χ1) is 14.2. The van der Waals surface area contributed by atoms with Crippen molar-refractivity contribution in [3.8, 4) is 11.5 Å². The van der Waals surface area contributed by atoms with Crippen LogP contribution in [0.15, 0.2) is 76.3 Å². The third-order valence-electron chi connectivity index (χ3n) is 4.49. The molecule has 0 saturated carbocycles. The highest BCUT2D eigenvalue weighted by Crippen LogP contribution is 2.32. The van der Waals surface area contributed by atoms with Crippen molar-refractivity contribution in [2.45, 2.75) is 6.54 Å². The van der Waals surface area contributed by atoms with Crippen LogP contribution in [-0.2, 0) is 11.3 Å². The molecule has 1 aromatic heterocycles. The lowest BCUT2D eigenvalue weighted by Gasteiger charge is -2.09. The van der Waals surface area contributed by atoms with Gasteiger partial charge < -0.3 is 14.5 Å². The topological polar surface area (TPSA) is 93.8 Å². The Morgan fingerprint density at radius 3 is 2.62 bits per heavy atom. The van der Waals surface area contributed by atoms with Crippen LogP contribution in [0.2, 0.25) is 0 Å². The first kappa shape index (κ1) is 18.4. The maximum Gasteiger partial charge on any atom is 0.337 e. The van der Waals surface area contributed by atoms with E-state index >= 15 is 0 Å². The molecule has 0 spiro atoms. The zero-order valence-electron chi connectivity index (χ0n) is 15.6. The number of benzene rings is 3. The number of esters is 1. The number of rotatable bonds is 6. The quantitative estimate of drug-likeness (QED) is 0.357. The summed E-state index contributed by atoms with van der Waals surface area (Å²) in [4.78, 5) is 27.3. The van der Waals surface area contributed by atoms with Crippen molar-refractivity contribution in [3.05, 3.63) is 82.8 Å². The Balaban J connectivity index is 1.52. The van der Waals surface area contributed by atoms with Crippen molar-refractivity contribution < 1.29 is 13.9 Å². The molecule has 7 heteroatoms. The van der Waals surface area contributed by atoms with Gasteiger partial charge in [0.2, 0.25) is 5.89 Å². The summed E-state index contributed by atoms with van der Waals surface area (Å²) in [5.74, 6) is 0.0489. The van der Waals surface area contributed by atoms with Crippen LogP contribution < -0.4 is 5.32 Å². The van der Waals surface area contributed by atoms with Crippen LogP contribution >= 0.6 is 0 Å². The summed E-state index contributed by atoms with van der Waals surface area (Å²) >= 11 is 0. The Morgan fingerprint density at radius 2 is 1.90 bits per heavy atom. The van der Waals surface area contributed by atoms with Gasteiger partial charge in [-0.1, -0.05) is 24.3 Å². The molecule has 0 saturated heterocycles. The van der Waals surface area contributed by atoms with Gasteiger partial charge in [-0.3, -0.25) is 0 Å². The van der Waals surface area contributed by atoms with Gasteiger partial charge >= 0.3 is 5.97 Å². The van der Waals surface area contributed by atoms with Gasteiger partial charge in [-0.15, -0.1) is 4.91 Å². The van der Waals surface area contributed by atoms with Crippen LogP contribution in [-0.4, -0.2) is 18.1 Å². The van der Waals surface area contributed by atoms with E-state index in [1.165, 1.54) is 7.11 Å². The average Bonchev–Trinajstić information content (AvgIpc) is 3.21. The number of fused-ring (bicyclic) bond motifs is 1. The highest BCUT2D eigenvalue weighted by molar-refractivity contribution is 5.89. The Morgan fingerprint density at radius 1 is 1.10 bits per heavy atom. The largest absolute Gasteiger partial charge is 0.465 e. The predicted octanol–water partition coefficient (Wildman–Crippen LogP) is 5.29. The zero-order chi connectivity index (χ0) is 20.2. The fourth-order valence-corrected chi connectivity index (χ4v) is 2.96. The number of ether oxygens (including phenoxy) is 1. The van der Waals surface area contributed by atoms with E-state index in [0.29, 0.717) is 34.8 Å². The molecule has 0 bridgehead atoms. The molecule has 144 valence electrons. The number of anilines is 1. The third-order valence-corrected chi connectivity index (χ3v) is 4.49. The number of aromatic nitrogens is 1. The molecule has 0 unspecified atom stereocenters. The highest BCUT2D eigenvalue weighted by Gasteiger charge is 2.12.